The molecular formula is C29H42O2. The van der Waals surface area contributed by atoms with Crippen molar-refractivity contribution in [2.45, 2.75) is 99.2 Å². The smallest absolute Gasteiger partial charge is 0.0852 e. The van der Waals surface area contributed by atoms with E-state index in [1.807, 2.05) is 0 Å². The van der Waals surface area contributed by atoms with Crippen LogP contribution in [0.3, 0.4) is 0 Å². The summed E-state index contributed by atoms with van der Waals surface area (Å²) >= 11 is 0. The van der Waals surface area contributed by atoms with Crippen molar-refractivity contribution in [2.75, 3.05) is 0 Å². The first-order valence-electron chi connectivity index (χ1n) is 12.5. The fraction of sp³-hybridized carbons (Fsp3) is 0.724. The molecule has 0 amide bonds. The molecule has 0 saturated heterocycles. The normalized spacial score (nSPS) is 45.6. The second-order valence-corrected chi connectivity index (χ2v) is 12.8. The number of aliphatic hydroxyl groups excluding tert-OH is 2. The summed E-state index contributed by atoms with van der Waals surface area (Å²) < 4.78 is 0. The van der Waals surface area contributed by atoms with Gasteiger partial charge in [-0.05, 0) is 114 Å². The lowest BCUT2D eigenvalue weighted by Crippen LogP contribution is -2.65. The number of aryl methyl sites for hydroxylation is 2. The highest BCUT2D eigenvalue weighted by molar-refractivity contribution is 5.79. The fourth-order valence-electron chi connectivity index (χ4n) is 9.29. The molecule has 2 nitrogen and oxygen atoms in total. The van der Waals surface area contributed by atoms with Gasteiger partial charge in [-0.3, -0.25) is 0 Å². The zero-order chi connectivity index (χ0) is 22.6. The highest BCUT2D eigenvalue weighted by atomic mass is 16.3. The first-order valence-corrected chi connectivity index (χ1v) is 12.5. The molecule has 1 aromatic carbocycles. The lowest BCUT2D eigenvalue weighted by atomic mass is 9.35. The van der Waals surface area contributed by atoms with E-state index in [4.69, 9.17) is 0 Å². The van der Waals surface area contributed by atoms with Crippen LogP contribution in [-0.4, -0.2) is 22.4 Å². The van der Waals surface area contributed by atoms with Crippen molar-refractivity contribution in [3.63, 3.8) is 0 Å². The summed E-state index contributed by atoms with van der Waals surface area (Å²) in [7, 11) is 0. The molecule has 4 aliphatic carbocycles. The third kappa shape index (κ3) is 2.53. The minimum Gasteiger partial charge on any atom is -0.390 e. The third-order valence-corrected chi connectivity index (χ3v) is 11.4. The van der Waals surface area contributed by atoms with E-state index < -0.39 is 12.2 Å². The molecule has 0 unspecified atom stereocenters. The fourth-order valence-corrected chi connectivity index (χ4v) is 9.29. The van der Waals surface area contributed by atoms with Crippen LogP contribution in [0.5, 0.6) is 0 Å². The highest BCUT2D eigenvalue weighted by Gasteiger charge is 2.67. The Kier molecular flexibility index (Phi) is 4.53. The minimum absolute atomic E-state index is 0.0577. The second-order valence-electron chi connectivity index (χ2n) is 12.8. The van der Waals surface area contributed by atoms with Gasteiger partial charge in [-0.25, -0.2) is 0 Å². The first-order chi connectivity index (χ1) is 14.4. The maximum absolute atomic E-state index is 10.9. The van der Waals surface area contributed by atoms with E-state index in [9.17, 15) is 10.2 Å². The molecule has 0 bridgehead atoms. The molecule has 2 N–H and O–H groups in total. The number of allylic oxidation sites excluding steroid dienone is 2. The molecule has 0 spiro atoms. The second kappa shape index (κ2) is 6.48. The van der Waals surface area contributed by atoms with Crippen molar-refractivity contribution in [3.05, 3.63) is 40.5 Å². The van der Waals surface area contributed by atoms with Gasteiger partial charge in [-0.2, -0.15) is 0 Å². The molecule has 5 rings (SSSR count). The molecule has 31 heavy (non-hydrogen) atoms. The van der Waals surface area contributed by atoms with Gasteiger partial charge in [0.05, 0.1) is 12.2 Å². The molecule has 1 aromatic rings. The van der Waals surface area contributed by atoms with Crippen molar-refractivity contribution in [1.29, 1.82) is 0 Å². The molecular weight excluding hydrogens is 380 g/mol. The van der Waals surface area contributed by atoms with Crippen molar-refractivity contribution in [3.8, 4) is 0 Å². The zero-order valence-electron chi connectivity index (χ0n) is 20.7. The Labute approximate surface area is 189 Å². The Balaban J connectivity index is 1.66. The van der Waals surface area contributed by atoms with Crippen molar-refractivity contribution in [1.82, 2.24) is 0 Å². The van der Waals surface area contributed by atoms with Crippen LogP contribution in [0.4, 0.5) is 0 Å². The number of hydrogen-bond donors (Lipinski definition) is 2. The number of rotatable bonds is 0. The summed E-state index contributed by atoms with van der Waals surface area (Å²) in [6, 6.07) is 4.67. The van der Waals surface area contributed by atoms with E-state index in [0.717, 1.165) is 19.3 Å². The van der Waals surface area contributed by atoms with Crippen LogP contribution in [0.25, 0.3) is 5.57 Å². The molecule has 0 aliphatic heterocycles. The van der Waals surface area contributed by atoms with Gasteiger partial charge in [0, 0.05) is 0 Å². The van der Waals surface area contributed by atoms with Crippen molar-refractivity contribution in [2.24, 2.45) is 33.5 Å². The summed E-state index contributed by atoms with van der Waals surface area (Å²) in [6.45, 7) is 16.5. The van der Waals surface area contributed by atoms with Crippen molar-refractivity contribution < 1.29 is 10.2 Å². The quantitative estimate of drug-likeness (QED) is 0.520. The molecule has 2 fully saturated rings. The first kappa shape index (κ1) is 21.7. The average molecular weight is 423 g/mol. The van der Waals surface area contributed by atoms with E-state index in [1.54, 1.807) is 11.1 Å². The van der Waals surface area contributed by atoms with Crippen LogP contribution < -0.4 is 0 Å². The van der Waals surface area contributed by atoms with Crippen LogP contribution in [0.2, 0.25) is 0 Å². The maximum atomic E-state index is 10.9. The molecule has 0 radical (unpaired) electrons. The van der Waals surface area contributed by atoms with Crippen LogP contribution >= 0.6 is 0 Å². The lowest BCUT2D eigenvalue weighted by molar-refractivity contribution is -0.224. The third-order valence-electron chi connectivity index (χ3n) is 11.4. The van der Waals surface area contributed by atoms with E-state index in [-0.39, 0.29) is 21.7 Å². The molecule has 0 heterocycles. The minimum atomic E-state index is -0.618. The largest absolute Gasteiger partial charge is 0.390 e. The Morgan fingerprint density at radius 1 is 0.935 bits per heavy atom. The summed E-state index contributed by atoms with van der Waals surface area (Å²) in [5.74, 6) is 0.996. The monoisotopic (exact) mass is 422 g/mol. The molecule has 2 heteroatoms. The van der Waals surface area contributed by atoms with Crippen LogP contribution in [0, 0.1) is 47.3 Å². The Morgan fingerprint density at radius 3 is 2.35 bits per heavy atom. The Bertz CT molecular complexity index is 958. The van der Waals surface area contributed by atoms with E-state index in [2.05, 4.69) is 66.7 Å². The Hall–Kier alpha value is -1.12. The highest BCUT2D eigenvalue weighted by Crippen LogP contribution is 2.73. The standard InChI is InChI=1S/C29H42O2/c1-17-8-9-19-12-14-28(6)20(24(19)18(17)2)10-11-23-27(5)16-21(30)25(31)26(3,4)22(27)13-15-29(23,28)7/h8-10,21-23,25,30-31H,11-16H2,1-7H3/t21-,22+,23-,25-,27+,28-,29-/m1/s1. The summed E-state index contributed by atoms with van der Waals surface area (Å²) in [4.78, 5) is 0. The lowest BCUT2D eigenvalue weighted by Gasteiger charge is -2.69. The van der Waals surface area contributed by atoms with E-state index in [0.29, 0.717) is 11.8 Å². The topological polar surface area (TPSA) is 40.5 Å². The predicted molar refractivity (Wildman–Crippen MR) is 128 cm³/mol. The van der Waals surface area contributed by atoms with Crippen LogP contribution in [0.1, 0.15) is 89.0 Å². The number of hydrogen-bond acceptors (Lipinski definition) is 2. The van der Waals surface area contributed by atoms with Gasteiger partial charge in [0.25, 0.3) is 0 Å². The van der Waals surface area contributed by atoms with Gasteiger partial charge in [0.2, 0.25) is 0 Å². The van der Waals surface area contributed by atoms with Crippen molar-refractivity contribution >= 4 is 5.57 Å². The summed E-state index contributed by atoms with van der Waals surface area (Å²) in [5.41, 5.74) is 7.74. The number of aliphatic hydroxyl groups is 2. The molecule has 2 saturated carbocycles. The van der Waals surface area contributed by atoms with E-state index in [1.165, 1.54) is 36.0 Å². The average Bonchev–Trinajstić information content (AvgIpc) is 2.69. The predicted octanol–water partition coefficient (Wildman–Crippen LogP) is 6.23. The van der Waals surface area contributed by atoms with Crippen LogP contribution in [-0.2, 0) is 6.42 Å². The number of benzene rings is 1. The van der Waals surface area contributed by atoms with Crippen LogP contribution in [0.15, 0.2) is 18.2 Å². The molecule has 7 atom stereocenters. The van der Waals surface area contributed by atoms with Gasteiger partial charge in [0.1, 0.15) is 0 Å². The zero-order valence-corrected chi connectivity index (χ0v) is 20.7. The van der Waals surface area contributed by atoms with Gasteiger partial charge >= 0.3 is 0 Å². The summed E-state index contributed by atoms with van der Waals surface area (Å²) in [6.07, 6.45) is 7.95. The summed E-state index contributed by atoms with van der Waals surface area (Å²) in [5, 5.41) is 21.8. The van der Waals surface area contributed by atoms with Gasteiger partial charge in [-0.15, -0.1) is 0 Å². The molecule has 170 valence electrons. The molecule has 0 aromatic heterocycles. The van der Waals surface area contributed by atoms with Gasteiger partial charge < -0.3 is 10.2 Å². The SMILES string of the molecule is Cc1ccc2c(c1C)C1=CC[C@@H]3[C@@]4(C)C[C@@H](O)[C@@H](O)C(C)(C)[C@@H]4CC[C@@]3(C)[C@]1(C)CC2. The maximum Gasteiger partial charge on any atom is 0.0852 e. The molecule has 4 aliphatic rings. The van der Waals surface area contributed by atoms with Gasteiger partial charge in [0.15, 0.2) is 0 Å². The number of fused-ring (bicyclic) bond motifs is 7. The Morgan fingerprint density at radius 2 is 1.65 bits per heavy atom. The van der Waals surface area contributed by atoms with Gasteiger partial charge in [-0.1, -0.05) is 52.8 Å². The van der Waals surface area contributed by atoms with E-state index >= 15 is 0 Å².